The molecule has 3 N–H and O–H groups in total. The van der Waals surface area contributed by atoms with Crippen molar-refractivity contribution in [1.29, 1.82) is 0 Å². The number of ether oxygens (including phenoxy) is 2. The zero-order valence-corrected chi connectivity index (χ0v) is 22.8. The summed E-state index contributed by atoms with van der Waals surface area (Å²) in [5.41, 5.74) is 5.72. The third-order valence-electron chi connectivity index (χ3n) is 4.30. The van der Waals surface area contributed by atoms with Crippen molar-refractivity contribution in [2.24, 2.45) is 0 Å². The Balaban J connectivity index is 1.41. The summed E-state index contributed by atoms with van der Waals surface area (Å²) in [4.78, 5) is 24.1. The lowest BCUT2D eigenvalue weighted by Crippen LogP contribution is -2.50. The van der Waals surface area contributed by atoms with Crippen molar-refractivity contribution >= 4 is 87.7 Å². The fraction of sp³-hybridized carbons (Fsp3) is 0.136. The number of carbonyl (C=O) groups excluding carboxylic acids is 2. The van der Waals surface area contributed by atoms with Gasteiger partial charge in [-0.25, -0.2) is 0 Å². The average molecular weight is 660 g/mol. The monoisotopic (exact) mass is 657 g/mol. The summed E-state index contributed by atoms with van der Waals surface area (Å²) < 4.78 is 13.7. The van der Waals surface area contributed by atoms with Crippen LogP contribution in [0.4, 0.5) is 0 Å². The van der Waals surface area contributed by atoms with E-state index in [0.717, 1.165) is 29.8 Å². The normalized spacial score (nSPS) is 10.4. The zero-order chi connectivity index (χ0) is 24.0. The van der Waals surface area contributed by atoms with E-state index in [1.807, 2.05) is 43.3 Å². The van der Waals surface area contributed by atoms with Crippen molar-refractivity contribution in [2.45, 2.75) is 6.92 Å². The molecule has 33 heavy (non-hydrogen) atoms. The first-order chi connectivity index (χ1) is 15.7. The summed E-state index contributed by atoms with van der Waals surface area (Å²) in [7, 11) is 0. The van der Waals surface area contributed by atoms with Crippen LogP contribution in [0.2, 0.25) is 0 Å². The Labute approximate surface area is 220 Å². The Kier molecular flexibility index (Phi) is 9.07. The molecule has 0 aliphatic heterocycles. The molecule has 0 unspecified atom stereocenters. The van der Waals surface area contributed by atoms with Crippen LogP contribution in [0.3, 0.4) is 0 Å². The molecule has 0 aromatic heterocycles. The van der Waals surface area contributed by atoms with Crippen molar-refractivity contribution in [1.82, 2.24) is 16.2 Å². The second-order valence-corrected chi connectivity index (χ2v) is 9.81. The lowest BCUT2D eigenvalue weighted by molar-refractivity contribution is -0.124. The molecule has 0 aliphatic rings. The number of aryl methyl sites for hydroxylation is 1. The molecule has 0 spiro atoms. The highest BCUT2D eigenvalue weighted by molar-refractivity contribution is 9.11. The van der Waals surface area contributed by atoms with Crippen LogP contribution in [0.25, 0.3) is 10.8 Å². The third-order valence-corrected chi connectivity index (χ3v) is 6.31. The van der Waals surface area contributed by atoms with E-state index >= 15 is 0 Å². The van der Waals surface area contributed by atoms with Gasteiger partial charge in [-0.3, -0.25) is 25.8 Å². The molecule has 0 atom stereocenters. The summed E-state index contributed by atoms with van der Waals surface area (Å²) >= 11 is 15.3. The highest BCUT2D eigenvalue weighted by atomic mass is 79.9. The van der Waals surface area contributed by atoms with Gasteiger partial charge in [0.2, 0.25) is 0 Å². The Hall–Kier alpha value is -2.21. The first kappa shape index (κ1) is 25.4. The maximum atomic E-state index is 12.1. The van der Waals surface area contributed by atoms with Crippen molar-refractivity contribution in [2.75, 3.05) is 13.2 Å². The highest BCUT2D eigenvalue weighted by Crippen LogP contribution is 2.34. The number of carbonyl (C=O) groups is 2. The number of amides is 2. The van der Waals surface area contributed by atoms with Crippen LogP contribution in [0.5, 0.6) is 11.5 Å². The van der Waals surface area contributed by atoms with Gasteiger partial charge in [-0.1, -0.05) is 44.0 Å². The van der Waals surface area contributed by atoms with Crippen LogP contribution >= 0.6 is 60.0 Å². The Bertz CT molecular complexity index is 1220. The largest absolute Gasteiger partial charge is 0.483 e. The molecule has 7 nitrogen and oxygen atoms in total. The molecular formula is C22H18Br3N3O4S. The van der Waals surface area contributed by atoms with E-state index in [-0.39, 0.29) is 18.3 Å². The number of thiocarbonyl (C=S) groups is 1. The predicted molar refractivity (Wildman–Crippen MR) is 141 cm³/mol. The second kappa shape index (κ2) is 11.8. The molecular weight excluding hydrogens is 642 g/mol. The summed E-state index contributed by atoms with van der Waals surface area (Å²) in [6, 6.07) is 15.0. The molecule has 172 valence electrons. The minimum atomic E-state index is -0.476. The van der Waals surface area contributed by atoms with Gasteiger partial charge in [0, 0.05) is 8.95 Å². The number of nitrogens with one attached hydrogen (secondary N) is 3. The molecule has 2 amide bonds. The van der Waals surface area contributed by atoms with Gasteiger partial charge < -0.3 is 9.47 Å². The maximum absolute atomic E-state index is 12.1. The smallest absolute Gasteiger partial charge is 0.276 e. The molecule has 0 fully saturated rings. The number of fused-ring (bicyclic) bond motifs is 1. The highest BCUT2D eigenvalue weighted by Gasteiger charge is 2.11. The minimum Gasteiger partial charge on any atom is -0.483 e. The van der Waals surface area contributed by atoms with Crippen LogP contribution in [0, 0.1) is 6.92 Å². The molecule has 0 saturated carbocycles. The maximum Gasteiger partial charge on any atom is 0.276 e. The van der Waals surface area contributed by atoms with Crippen molar-refractivity contribution in [3.63, 3.8) is 0 Å². The van der Waals surface area contributed by atoms with Gasteiger partial charge in [-0.15, -0.1) is 0 Å². The Morgan fingerprint density at radius 3 is 2.24 bits per heavy atom. The topological polar surface area (TPSA) is 88.7 Å². The molecule has 0 radical (unpaired) electrons. The Morgan fingerprint density at radius 2 is 1.48 bits per heavy atom. The zero-order valence-electron chi connectivity index (χ0n) is 17.2. The number of hydrazine groups is 1. The number of halogens is 3. The van der Waals surface area contributed by atoms with Gasteiger partial charge in [-0.2, -0.15) is 0 Å². The van der Waals surface area contributed by atoms with Gasteiger partial charge >= 0.3 is 0 Å². The molecule has 0 aliphatic carbocycles. The summed E-state index contributed by atoms with van der Waals surface area (Å²) in [6.07, 6.45) is 0. The van der Waals surface area contributed by atoms with Crippen LogP contribution < -0.4 is 25.6 Å². The quantitative estimate of drug-likeness (QED) is 0.258. The van der Waals surface area contributed by atoms with E-state index in [1.54, 1.807) is 12.1 Å². The van der Waals surface area contributed by atoms with E-state index in [0.29, 0.717) is 11.5 Å². The third kappa shape index (κ3) is 7.39. The molecule has 3 rings (SSSR count). The molecule has 0 bridgehead atoms. The van der Waals surface area contributed by atoms with Gasteiger partial charge in [-0.05, 0) is 87.8 Å². The van der Waals surface area contributed by atoms with Crippen LogP contribution in [-0.2, 0) is 9.59 Å². The van der Waals surface area contributed by atoms with Gasteiger partial charge in [0.05, 0.1) is 4.47 Å². The number of hydrogen-bond donors (Lipinski definition) is 3. The van der Waals surface area contributed by atoms with Crippen LogP contribution in [0.15, 0.2) is 61.9 Å². The SMILES string of the molecule is Cc1cc(Br)ccc1OCC(=O)NC(=S)NNC(=O)COc1ccc2cc(Br)ccc2c1Br. The van der Waals surface area contributed by atoms with Crippen LogP contribution in [0.1, 0.15) is 5.56 Å². The van der Waals surface area contributed by atoms with E-state index in [4.69, 9.17) is 21.7 Å². The van der Waals surface area contributed by atoms with E-state index < -0.39 is 11.8 Å². The Morgan fingerprint density at radius 1 is 0.848 bits per heavy atom. The molecule has 0 saturated heterocycles. The number of benzene rings is 3. The fourth-order valence-electron chi connectivity index (χ4n) is 2.77. The van der Waals surface area contributed by atoms with Gasteiger partial charge in [0.25, 0.3) is 11.8 Å². The lowest BCUT2D eigenvalue weighted by Gasteiger charge is -2.13. The molecule has 11 heteroatoms. The standard InChI is InChI=1S/C22H18Br3N3O4S/c1-12-8-14(23)4-7-17(12)31-10-19(29)26-22(33)28-27-20(30)11-32-18-6-2-13-9-15(24)3-5-16(13)21(18)25/h2-9H,10-11H2,1H3,(H,27,30)(H2,26,28,29,33). The van der Waals surface area contributed by atoms with Crippen molar-refractivity contribution in [3.05, 3.63) is 67.5 Å². The fourth-order valence-corrected chi connectivity index (χ4v) is 4.40. The summed E-state index contributed by atoms with van der Waals surface area (Å²) in [5, 5.41) is 4.34. The second-order valence-electron chi connectivity index (χ2n) is 6.78. The van der Waals surface area contributed by atoms with Crippen molar-refractivity contribution < 1.29 is 19.1 Å². The first-order valence-electron chi connectivity index (χ1n) is 9.51. The van der Waals surface area contributed by atoms with Crippen LogP contribution in [-0.4, -0.2) is 30.1 Å². The van der Waals surface area contributed by atoms with E-state index in [2.05, 4.69) is 64.0 Å². The van der Waals surface area contributed by atoms with Gasteiger partial charge in [0.1, 0.15) is 11.5 Å². The summed E-state index contributed by atoms with van der Waals surface area (Å²) in [5.74, 6) is 0.171. The number of rotatable bonds is 6. The molecule has 3 aromatic rings. The summed E-state index contributed by atoms with van der Waals surface area (Å²) in [6.45, 7) is 1.39. The van der Waals surface area contributed by atoms with E-state index in [9.17, 15) is 9.59 Å². The predicted octanol–water partition coefficient (Wildman–Crippen LogP) is 4.92. The first-order valence-corrected chi connectivity index (χ1v) is 12.3. The molecule has 3 aromatic carbocycles. The van der Waals surface area contributed by atoms with Gasteiger partial charge in [0.15, 0.2) is 18.3 Å². The lowest BCUT2D eigenvalue weighted by atomic mass is 10.1. The van der Waals surface area contributed by atoms with E-state index in [1.165, 1.54) is 0 Å². The minimum absolute atomic E-state index is 0.0676. The number of hydrogen-bond acceptors (Lipinski definition) is 5. The van der Waals surface area contributed by atoms with Crippen molar-refractivity contribution in [3.8, 4) is 11.5 Å². The average Bonchev–Trinajstić information content (AvgIpc) is 2.76. The molecule has 0 heterocycles.